The zero-order valence-electron chi connectivity index (χ0n) is 12.5. The summed E-state index contributed by atoms with van der Waals surface area (Å²) >= 11 is 0. The number of hydrogen-bond acceptors (Lipinski definition) is 3. The van der Waals surface area contributed by atoms with Crippen LogP contribution >= 0.6 is 0 Å². The second-order valence-corrected chi connectivity index (χ2v) is 5.51. The number of piperazine rings is 1. The zero-order valence-corrected chi connectivity index (χ0v) is 12.5. The SMILES string of the molecule is CCC(C)N1CCN(C(=O)[C@H](N)c2ccccc2)CC1. The van der Waals surface area contributed by atoms with E-state index in [9.17, 15) is 4.79 Å². The maximum atomic E-state index is 12.4. The molecule has 4 nitrogen and oxygen atoms in total. The van der Waals surface area contributed by atoms with Crippen molar-refractivity contribution in [3.63, 3.8) is 0 Å². The highest BCUT2D eigenvalue weighted by Gasteiger charge is 2.27. The van der Waals surface area contributed by atoms with Crippen molar-refractivity contribution in [1.82, 2.24) is 9.80 Å². The molecule has 1 saturated heterocycles. The molecule has 0 aromatic heterocycles. The highest BCUT2D eigenvalue weighted by Crippen LogP contribution is 2.15. The summed E-state index contributed by atoms with van der Waals surface area (Å²) in [5, 5.41) is 0. The van der Waals surface area contributed by atoms with Crippen molar-refractivity contribution in [2.75, 3.05) is 26.2 Å². The molecule has 1 aliphatic heterocycles. The molecule has 2 rings (SSSR count). The van der Waals surface area contributed by atoms with Crippen LogP contribution in [0.4, 0.5) is 0 Å². The van der Waals surface area contributed by atoms with Crippen molar-refractivity contribution >= 4 is 5.91 Å². The third-order valence-corrected chi connectivity index (χ3v) is 4.26. The van der Waals surface area contributed by atoms with Gasteiger partial charge in [0.25, 0.3) is 0 Å². The molecule has 1 heterocycles. The van der Waals surface area contributed by atoms with Crippen molar-refractivity contribution in [3.8, 4) is 0 Å². The Bertz CT molecular complexity index is 427. The fraction of sp³-hybridized carbons (Fsp3) is 0.562. The summed E-state index contributed by atoms with van der Waals surface area (Å²) in [6.45, 7) is 7.90. The average Bonchev–Trinajstić information content (AvgIpc) is 2.53. The van der Waals surface area contributed by atoms with Crippen molar-refractivity contribution in [3.05, 3.63) is 35.9 Å². The summed E-state index contributed by atoms with van der Waals surface area (Å²) in [7, 11) is 0. The van der Waals surface area contributed by atoms with Gasteiger partial charge >= 0.3 is 0 Å². The summed E-state index contributed by atoms with van der Waals surface area (Å²) in [6.07, 6.45) is 1.15. The van der Waals surface area contributed by atoms with Gasteiger partial charge in [-0.1, -0.05) is 37.3 Å². The van der Waals surface area contributed by atoms with Gasteiger partial charge in [-0.2, -0.15) is 0 Å². The highest BCUT2D eigenvalue weighted by molar-refractivity contribution is 5.83. The van der Waals surface area contributed by atoms with Gasteiger partial charge < -0.3 is 10.6 Å². The van der Waals surface area contributed by atoms with E-state index >= 15 is 0 Å². The van der Waals surface area contributed by atoms with Gasteiger partial charge in [0, 0.05) is 32.2 Å². The van der Waals surface area contributed by atoms with Gasteiger partial charge in [-0.05, 0) is 18.9 Å². The molecule has 110 valence electrons. The van der Waals surface area contributed by atoms with E-state index in [0.717, 1.165) is 38.2 Å². The molecule has 1 fully saturated rings. The molecule has 0 radical (unpaired) electrons. The van der Waals surface area contributed by atoms with Crippen LogP contribution in [0, 0.1) is 0 Å². The van der Waals surface area contributed by atoms with Crippen LogP contribution in [0.3, 0.4) is 0 Å². The van der Waals surface area contributed by atoms with E-state index in [4.69, 9.17) is 5.73 Å². The van der Waals surface area contributed by atoms with E-state index in [2.05, 4.69) is 18.7 Å². The first kappa shape index (κ1) is 15.0. The molecule has 20 heavy (non-hydrogen) atoms. The zero-order chi connectivity index (χ0) is 14.5. The largest absolute Gasteiger partial charge is 0.338 e. The van der Waals surface area contributed by atoms with E-state index < -0.39 is 6.04 Å². The fourth-order valence-electron chi connectivity index (χ4n) is 2.64. The number of nitrogens with two attached hydrogens (primary N) is 1. The van der Waals surface area contributed by atoms with Crippen molar-refractivity contribution in [2.45, 2.75) is 32.4 Å². The molecule has 1 aromatic rings. The lowest BCUT2D eigenvalue weighted by atomic mass is 10.1. The van der Waals surface area contributed by atoms with Crippen LogP contribution in [0.25, 0.3) is 0 Å². The molecule has 2 N–H and O–H groups in total. The quantitative estimate of drug-likeness (QED) is 0.908. The Morgan fingerprint density at radius 2 is 1.80 bits per heavy atom. The molecule has 0 bridgehead atoms. The molecule has 0 saturated carbocycles. The lowest BCUT2D eigenvalue weighted by Gasteiger charge is -2.38. The number of hydrogen-bond donors (Lipinski definition) is 1. The van der Waals surface area contributed by atoms with E-state index in [1.807, 2.05) is 35.2 Å². The lowest BCUT2D eigenvalue weighted by Crippen LogP contribution is -2.53. The minimum atomic E-state index is -0.536. The predicted molar refractivity (Wildman–Crippen MR) is 81.3 cm³/mol. The third kappa shape index (κ3) is 3.38. The monoisotopic (exact) mass is 275 g/mol. The minimum absolute atomic E-state index is 0.0417. The molecule has 4 heteroatoms. The van der Waals surface area contributed by atoms with Crippen LogP contribution in [-0.2, 0) is 4.79 Å². The van der Waals surface area contributed by atoms with Crippen LogP contribution in [-0.4, -0.2) is 47.9 Å². The van der Waals surface area contributed by atoms with Crippen LogP contribution in [0.5, 0.6) is 0 Å². The number of carbonyl (C=O) groups is 1. The van der Waals surface area contributed by atoms with Crippen LogP contribution in [0.1, 0.15) is 31.9 Å². The van der Waals surface area contributed by atoms with Gasteiger partial charge in [-0.15, -0.1) is 0 Å². The van der Waals surface area contributed by atoms with Crippen molar-refractivity contribution < 1.29 is 4.79 Å². The topological polar surface area (TPSA) is 49.6 Å². The predicted octanol–water partition coefficient (Wildman–Crippen LogP) is 1.63. The summed E-state index contributed by atoms with van der Waals surface area (Å²) < 4.78 is 0. The summed E-state index contributed by atoms with van der Waals surface area (Å²) in [5.41, 5.74) is 6.98. The highest BCUT2D eigenvalue weighted by atomic mass is 16.2. The Morgan fingerprint density at radius 1 is 1.20 bits per heavy atom. The van der Waals surface area contributed by atoms with E-state index in [1.54, 1.807) is 0 Å². The summed E-state index contributed by atoms with van der Waals surface area (Å²) in [6, 6.07) is 9.66. The summed E-state index contributed by atoms with van der Waals surface area (Å²) in [5.74, 6) is 0.0417. The van der Waals surface area contributed by atoms with Gasteiger partial charge in [0.1, 0.15) is 6.04 Å². The number of amides is 1. The number of carbonyl (C=O) groups excluding carboxylic acids is 1. The van der Waals surface area contributed by atoms with E-state index in [0.29, 0.717) is 6.04 Å². The first-order chi connectivity index (χ1) is 9.63. The smallest absolute Gasteiger partial charge is 0.244 e. The molecule has 1 aromatic carbocycles. The molecule has 0 spiro atoms. The van der Waals surface area contributed by atoms with Crippen LogP contribution in [0.15, 0.2) is 30.3 Å². The maximum Gasteiger partial charge on any atom is 0.244 e. The van der Waals surface area contributed by atoms with Crippen LogP contribution in [0.2, 0.25) is 0 Å². The molecule has 1 unspecified atom stereocenters. The molecule has 1 amide bonds. The van der Waals surface area contributed by atoms with Crippen molar-refractivity contribution in [2.24, 2.45) is 5.73 Å². The summed E-state index contributed by atoms with van der Waals surface area (Å²) in [4.78, 5) is 16.8. The van der Waals surface area contributed by atoms with Gasteiger partial charge in [0.2, 0.25) is 5.91 Å². The first-order valence-corrected chi connectivity index (χ1v) is 7.46. The maximum absolute atomic E-state index is 12.4. The minimum Gasteiger partial charge on any atom is -0.338 e. The Morgan fingerprint density at radius 3 is 2.35 bits per heavy atom. The Kier molecular flexibility index (Phi) is 5.15. The van der Waals surface area contributed by atoms with Gasteiger partial charge in [0.15, 0.2) is 0 Å². The second-order valence-electron chi connectivity index (χ2n) is 5.51. The molecule has 2 atom stereocenters. The molecule has 0 aliphatic carbocycles. The Balaban J connectivity index is 1.92. The van der Waals surface area contributed by atoms with Gasteiger partial charge in [-0.3, -0.25) is 9.69 Å². The van der Waals surface area contributed by atoms with E-state index in [1.165, 1.54) is 0 Å². The average molecular weight is 275 g/mol. The second kappa shape index (κ2) is 6.86. The lowest BCUT2D eigenvalue weighted by molar-refractivity contribution is -0.134. The number of rotatable bonds is 4. The Labute approximate surface area is 121 Å². The molecular weight excluding hydrogens is 250 g/mol. The standard InChI is InChI=1S/C16H25N3O/c1-3-13(2)18-9-11-19(12-10-18)16(20)15(17)14-7-5-4-6-8-14/h4-8,13,15H,3,9-12,17H2,1-2H3/t13?,15-/m1/s1. The number of nitrogens with zero attached hydrogens (tertiary/aromatic N) is 2. The van der Waals surface area contributed by atoms with Gasteiger partial charge in [-0.25, -0.2) is 0 Å². The van der Waals surface area contributed by atoms with Gasteiger partial charge in [0.05, 0.1) is 0 Å². The molecular formula is C16H25N3O. The first-order valence-electron chi connectivity index (χ1n) is 7.46. The Hall–Kier alpha value is -1.39. The van der Waals surface area contributed by atoms with Crippen LogP contribution < -0.4 is 5.73 Å². The van der Waals surface area contributed by atoms with Crippen molar-refractivity contribution in [1.29, 1.82) is 0 Å². The normalized spacial score (nSPS) is 19.6. The number of benzene rings is 1. The fourth-order valence-corrected chi connectivity index (χ4v) is 2.64. The third-order valence-electron chi connectivity index (χ3n) is 4.26. The van der Waals surface area contributed by atoms with E-state index in [-0.39, 0.29) is 5.91 Å². The molecule has 1 aliphatic rings.